The van der Waals surface area contributed by atoms with E-state index in [1.54, 1.807) is 6.21 Å². The zero-order valence-corrected chi connectivity index (χ0v) is 17.9. The molecule has 0 atom stereocenters. The smallest absolute Gasteiger partial charge is 0.0524 e. The third-order valence-electron chi connectivity index (χ3n) is 3.32. The first-order valence-electron chi connectivity index (χ1n) is 7.48. The van der Waals surface area contributed by atoms with Crippen molar-refractivity contribution in [2.75, 3.05) is 26.2 Å². The fourth-order valence-electron chi connectivity index (χ4n) is 1.97. The Kier molecular flexibility index (Phi) is 9.14. The summed E-state index contributed by atoms with van der Waals surface area (Å²) in [4.78, 5) is 22.3. The molecule has 0 saturated carbocycles. The molecule has 0 spiro atoms. The van der Waals surface area contributed by atoms with Gasteiger partial charge in [-0.05, 0) is 0 Å². The molecule has 1 aromatic rings. The molecule has 0 radical (unpaired) electrons. The van der Waals surface area contributed by atoms with Crippen LogP contribution in [0, 0.1) is 0 Å². The van der Waals surface area contributed by atoms with E-state index in [1.165, 1.54) is 3.12 Å². The number of hydrogen-bond donors (Lipinski definition) is 1. The predicted octanol–water partition coefficient (Wildman–Crippen LogP) is 1.36. The minimum absolute atomic E-state index is 0.00655. The minimum atomic E-state index is -0.00655. The Balaban J connectivity index is 2.43. The summed E-state index contributed by atoms with van der Waals surface area (Å²) in [6.07, 6.45) is 1.92. The van der Waals surface area contributed by atoms with Gasteiger partial charge in [0.05, 0.1) is 0 Å². The van der Waals surface area contributed by atoms with Crippen molar-refractivity contribution < 1.29 is 4.79 Å². The molecule has 0 aliphatic rings. The van der Waals surface area contributed by atoms with Crippen molar-refractivity contribution in [1.29, 1.82) is 0 Å². The third-order valence-corrected chi connectivity index (χ3v) is 4.72. The molecule has 1 rings (SSSR count). The van der Waals surface area contributed by atoms with E-state index in [9.17, 15) is 4.79 Å². The van der Waals surface area contributed by atoms with Crippen LogP contribution < -0.4 is 8.44 Å². The second kappa shape index (κ2) is 10.6. The summed E-state index contributed by atoms with van der Waals surface area (Å²) in [6.45, 7) is 11.3. The van der Waals surface area contributed by atoms with Crippen molar-refractivity contribution in [3.63, 3.8) is 0 Å². The quantitative estimate of drug-likeness (QED) is 0.419. The first-order valence-corrected chi connectivity index (χ1v) is 9.73. The van der Waals surface area contributed by atoms with E-state index >= 15 is 0 Å². The van der Waals surface area contributed by atoms with Gasteiger partial charge in [0.15, 0.2) is 0 Å². The molecule has 0 aliphatic heterocycles. The number of nitrogens with one attached hydrogen (secondary N) is 1. The van der Waals surface area contributed by atoms with Gasteiger partial charge in [-0.3, -0.25) is 0 Å². The number of carbonyl (C=O) groups excluding carboxylic acids is 1. The van der Waals surface area contributed by atoms with Gasteiger partial charge >= 0.3 is 135 Å². The number of nitrogens with zero attached hydrogens (tertiary/aromatic N) is 3. The third kappa shape index (κ3) is 6.78. The Morgan fingerprint density at radius 1 is 1.36 bits per heavy atom. The summed E-state index contributed by atoms with van der Waals surface area (Å²) in [5.74, 6) is -0.00655. The molecule has 1 amide bonds. The molecule has 0 saturated heterocycles. The zero-order chi connectivity index (χ0) is 16.4. The number of likely N-dealkylation sites (N-methyl/N-ethyl adjacent to an activating group) is 1. The molecule has 116 valence electrons. The topological polar surface area (TPSA) is 57.1 Å². The Morgan fingerprint density at radius 3 is 2.73 bits per heavy atom. The van der Waals surface area contributed by atoms with Gasteiger partial charge in [-0.15, -0.1) is 0 Å². The van der Waals surface area contributed by atoms with Crippen LogP contribution in [0.2, 0.25) is 0 Å². The molecule has 22 heavy (non-hydrogen) atoms. The van der Waals surface area contributed by atoms with Crippen LogP contribution in [0.15, 0.2) is 28.2 Å². The van der Waals surface area contributed by atoms with E-state index in [4.69, 9.17) is 0 Å². The SMILES string of the molecule is C=Nc1cc[c]([Tl])cc1N=CCC(=O)NCCN(CC)CC. The second-order valence-corrected chi connectivity index (χ2v) is 7.39. The van der Waals surface area contributed by atoms with Gasteiger partial charge < -0.3 is 0 Å². The van der Waals surface area contributed by atoms with Crippen LogP contribution in [-0.2, 0) is 4.79 Å². The van der Waals surface area contributed by atoms with E-state index in [2.05, 4.69) is 40.8 Å². The van der Waals surface area contributed by atoms with E-state index in [-0.39, 0.29) is 12.3 Å². The fourth-order valence-corrected chi connectivity index (χ4v) is 2.96. The van der Waals surface area contributed by atoms with E-state index in [1.807, 2.05) is 18.2 Å². The Hall–Kier alpha value is -1.09. The minimum Gasteiger partial charge on any atom is -0.0524 e. The van der Waals surface area contributed by atoms with Crippen molar-refractivity contribution >= 4 is 59.1 Å². The van der Waals surface area contributed by atoms with Crippen molar-refractivity contribution in [3.8, 4) is 0 Å². The predicted molar refractivity (Wildman–Crippen MR) is 94.6 cm³/mol. The van der Waals surface area contributed by atoms with Crippen molar-refractivity contribution in [2.24, 2.45) is 9.98 Å². The summed E-state index contributed by atoms with van der Waals surface area (Å²) in [5, 5.41) is 2.91. The molecule has 0 fully saturated rings. The van der Waals surface area contributed by atoms with Crippen LogP contribution in [0.25, 0.3) is 0 Å². The van der Waals surface area contributed by atoms with Crippen LogP contribution in [0.4, 0.5) is 11.4 Å². The van der Waals surface area contributed by atoms with Gasteiger partial charge in [-0.1, -0.05) is 13.8 Å². The molecule has 5 nitrogen and oxygen atoms in total. The Labute approximate surface area is 148 Å². The Morgan fingerprint density at radius 2 is 2.09 bits per heavy atom. The van der Waals surface area contributed by atoms with Gasteiger partial charge in [-0.25, -0.2) is 0 Å². The van der Waals surface area contributed by atoms with Crippen LogP contribution in [0.1, 0.15) is 20.3 Å². The van der Waals surface area contributed by atoms with Crippen LogP contribution >= 0.6 is 0 Å². The van der Waals surface area contributed by atoms with Gasteiger partial charge in [0, 0.05) is 0 Å². The van der Waals surface area contributed by atoms with Crippen LogP contribution in [0.5, 0.6) is 0 Å². The number of hydrogen-bond acceptors (Lipinski definition) is 4. The van der Waals surface area contributed by atoms with E-state index < -0.39 is 0 Å². The maximum atomic E-state index is 11.8. The molecule has 1 N–H and O–H groups in total. The molecular formula is C16H23N4OTl. The van der Waals surface area contributed by atoms with Crippen molar-refractivity contribution in [1.82, 2.24) is 10.2 Å². The first kappa shape index (κ1) is 19.0. The molecule has 0 aromatic heterocycles. The van der Waals surface area contributed by atoms with Crippen molar-refractivity contribution in [3.05, 3.63) is 18.2 Å². The molecule has 6 heteroatoms. The van der Waals surface area contributed by atoms with Gasteiger partial charge in [-0.2, -0.15) is 0 Å². The van der Waals surface area contributed by atoms with Gasteiger partial charge in [0.1, 0.15) is 0 Å². The molecular weight excluding hydrogens is 469 g/mol. The average molecular weight is 492 g/mol. The normalized spacial score (nSPS) is 11.0. The van der Waals surface area contributed by atoms with Crippen LogP contribution in [0.3, 0.4) is 0 Å². The van der Waals surface area contributed by atoms with Gasteiger partial charge in [0.2, 0.25) is 0 Å². The molecule has 1 aromatic carbocycles. The number of benzene rings is 1. The fraction of sp³-hybridized carbons (Fsp3) is 0.438. The number of aliphatic imine (C=N–C) groups is 2. The summed E-state index contributed by atoms with van der Waals surface area (Å²) in [6, 6.07) is 5.95. The second-order valence-electron chi connectivity index (χ2n) is 4.80. The molecule has 0 unspecified atom stereocenters. The summed E-state index contributed by atoms with van der Waals surface area (Å²) < 4.78 is 1.27. The standard InChI is InChI=1S/C16H23N4O.Tl/c1-4-20(5-2)13-12-19-16(21)10-11-18-15-9-7-6-8-14(15)17-3;/h6,8-9,11H,3-5,10,12-13H2,1-2H3,(H,19,21);. The summed E-state index contributed by atoms with van der Waals surface area (Å²) in [7, 11) is 0. The number of rotatable bonds is 9. The van der Waals surface area contributed by atoms with Crippen LogP contribution in [-0.4, -0.2) is 75.7 Å². The average Bonchev–Trinajstić information content (AvgIpc) is 2.52. The number of amides is 1. The molecule has 0 heterocycles. The van der Waals surface area contributed by atoms with E-state index in [0.29, 0.717) is 6.54 Å². The molecule has 0 bridgehead atoms. The summed E-state index contributed by atoms with van der Waals surface area (Å²) >= 11 is 0.751. The number of carbonyl (C=O) groups is 1. The van der Waals surface area contributed by atoms with Gasteiger partial charge in [0.25, 0.3) is 0 Å². The zero-order valence-electron chi connectivity index (χ0n) is 13.4. The van der Waals surface area contributed by atoms with Crippen molar-refractivity contribution in [2.45, 2.75) is 20.3 Å². The monoisotopic (exact) mass is 492 g/mol. The maximum absolute atomic E-state index is 11.8. The van der Waals surface area contributed by atoms with E-state index in [0.717, 1.165) is 56.8 Å². The Bertz CT molecular complexity index is 527. The molecule has 0 aliphatic carbocycles. The summed E-state index contributed by atoms with van der Waals surface area (Å²) in [5.41, 5.74) is 1.54. The first-order chi connectivity index (χ1) is 10.6.